The minimum absolute atomic E-state index is 0.0390. The van der Waals surface area contributed by atoms with E-state index in [0.717, 1.165) is 25.9 Å². The van der Waals surface area contributed by atoms with Crippen LogP contribution < -0.4 is 5.32 Å². The van der Waals surface area contributed by atoms with Gasteiger partial charge in [-0.1, -0.05) is 18.9 Å². The minimum atomic E-state index is 0.0390. The lowest BCUT2D eigenvalue weighted by atomic mass is 10.2. The quantitative estimate of drug-likeness (QED) is 0.842. The van der Waals surface area contributed by atoms with Crippen LogP contribution in [0.4, 0.5) is 5.95 Å². The third-order valence-electron chi connectivity index (χ3n) is 3.20. The van der Waals surface area contributed by atoms with E-state index in [1.165, 1.54) is 12.8 Å². The Morgan fingerprint density at radius 2 is 1.89 bits per heavy atom. The van der Waals surface area contributed by atoms with Gasteiger partial charge in [-0.2, -0.15) is 0 Å². The maximum atomic E-state index is 12.3. The molecule has 0 bridgehead atoms. The summed E-state index contributed by atoms with van der Waals surface area (Å²) in [4.78, 5) is 22.5. The third-order valence-corrected chi connectivity index (χ3v) is 3.20. The van der Waals surface area contributed by atoms with Crippen LogP contribution in [-0.4, -0.2) is 40.4 Å². The van der Waals surface area contributed by atoms with Gasteiger partial charge in [-0.15, -0.1) is 6.58 Å². The van der Waals surface area contributed by atoms with Crippen LogP contribution in [0.3, 0.4) is 0 Å². The topological polar surface area (TPSA) is 58.1 Å². The van der Waals surface area contributed by atoms with Crippen molar-refractivity contribution in [3.05, 3.63) is 30.6 Å². The molecule has 2 heterocycles. The van der Waals surface area contributed by atoms with E-state index in [1.807, 2.05) is 4.90 Å². The molecule has 0 saturated carbocycles. The van der Waals surface area contributed by atoms with Crippen LogP contribution in [0, 0.1) is 0 Å². The molecule has 1 fully saturated rings. The van der Waals surface area contributed by atoms with Crippen LogP contribution in [0.1, 0.15) is 36.0 Å². The van der Waals surface area contributed by atoms with E-state index in [4.69, 9.17) is 0 Å². The Kier molecular flexibility index (Phi) is 4.89. The fraction of sp³-hybridized carbons (Fsp3) is 0.500. The van der Waals surface area contributed by atoms with Crippen molar-refractivity contribution in [3.63, 3.8) is 0 Å². The van der Waals surface area contributed by atoms with Gasteiger partial charge in [0.05, 0.1) is 5.56 Å². The summed E-state index contributed by atoms with van der Waals surface area (Å²) in [5.74, 6) is 0.560. The number of likely N-dealkylation sites (tertiary alicyclic amines) is 1. The summed E-state index contributed by atoms with van der Waals surface area (Å²) in [5.41, 5.74) is 0.561. The lowest BCUT2D eigenvalue weighted by Crippen LogP contribution is -2.32. The highest BCUT2D eigenvalue weighted by Crippen LogP contribution is 2.13. The van der Waals surface area contributed by atoms with Crippen molar-refractivity contribution in [3.8, 4) is 0 Å². The van der Waals surface area contributed by atoms with E-state index in [1.54, 1.807) is 18.5 Å². The fourth-order valence-corrected chi connectivity index (χ4v) is 2.15. The van der Waals surface area contributed by atoms with E-state index in [9.17, 15) is 4.79 Å². The summed E-state index contributed by atoms with van der Waals surface area (Å²) < 4.78 is 0. The Labute approximate surface area is 113 Å². The average Bonchev–Trinajstić information content (AvgIpc) is 2.74. The number of carbonyl (C=O) groups is 1. The number of rotatable bonds is 4. The first-order chi connectivity index (χ1) is 9.31. The summed E-state index contributed by atoms with van der Waals surface area (Å²) >= 11 is 0. The molecule has 1 aliphatic heterocycles. The summed E-state index contributed by atoms with van der Waals surface area (Å²) in [6.07, 6.45) is 9.52. The largest absolute Gasteiger partial charge is 0.351 e. The predicted octanol–water partition coefficient (Wildman–Crippen LogP) is 2.09. The van der Waals surface area contributed by atoms with Gasteiger partial charge in [0.15, 0.2) is 0 Å². The number of hydrogen-bond acceptors (Lipinski definition) is 4. The van der Waals surface area contributed by atoms with Gasteiger partial charge in [0.1, 0.15) is 0 Å². The van der Waals surface area contributed by atoms with Crippen molar-refractivity contribution < 1.29 is 4.79 Å². The molecule has 1 amide bonds. The molecular weight excluding hydrogens is 240 g/mol. The van der Waals surface area contributed by atoms with Crippen LogP contribution in [0.2, 0.25) is 0 Å². The zero-order valence-corrected chi connectivity index (χ0v) is 11.1. The lowest BCUT2D eigenvalue weighted by Gasteiger charge is -2.19. The van der Waals surface area contributed by atoms with Crippen LogP contribution in [0.25, 0.3) is 0 Å². The number of anilines is 1. The van der Waals surface area contributed by atoms with Gasteiger partial charge in [0, 0.05) is 32.0 Å². The second-order valence-electron chi connectivity index (χ2n) is 4.67. The second-order valence-corrected chi connectivity index (χ2v) is 4.67. The molecule has 0 aliphatic carbocycles. The molecule has 1 aliphatic rings. The number of carbonyl (C=O) groups excluding carboxylic acids is 1. The molecule has 0 spiro atoms. The minimum Gasteiger partial charge on any atom is -0.351 e. The third kappa shape index (κ3) is 3.77. The van der Waals surface area contributed by atoms with Crippen LogP contribution in [0.5, 0.6) is 0 Å². The normalized spacial score (nSPS) is 15.7. The van der Waals surface area contributed by atoms with Crippen molar-refractivity contribution in [1.29, 1.82) is 0 Å². The molecule has 0 atom stereocenters. The molecule has 1 aromatic rings. The Bertz CT molecular complexity index is 422. The molecule has 1 saturated heterocycles. The monoisotopic (exact) mass is 260 g/mol. The number of nitrogens with zero attached hydrogens (tertiary/aromatic N) is 3. The first kappa shape index (κ1) is 13.5. The van der Waals surface area contributed by atoms with Gasteiger partial charge in [-0.3, -0.25) is 4.79 Å². The molecule has 5 nitrogen and oxygen atoms in total. The Hall–Kier alpha value is -1.91. The van der Waals surface area contributed by atoms with Crippen molar-refractivity contribution in [2.75, 3.05) is 25.0 Å². The highest BCUT2D eigenvalue weighted by molar-refractivity contribution is 5.93. The summed E-state index contributed by atoms with van der Waals surface area (Å²) in [5, 5.41) is 2.98. The molecule has 0 unspecified atom stereocenters. The van der Waals surface area contributed by atoms with Crippen molar-refractivity contribution >= 4 is 11.9 Å². The number of amides is 1. The first-order valence-electron chi connectivity index (χ1n) is 6.77. The zero-order valence-electron chi connectivity index (χ0n) is 11.1. The number of hydrogen-bond donors (Lipinski definition) is 1. The molecule has 0 radical (unpaired) electrons. The smallest absolute Gasteiger partial charge is 0.256 e. The van der Waals surface area contributed by atoms with E-state index in [0.29, 0.717) is 18.1 Å². The van der Waals surface area contributed by atoms with E-state index in [-0.39, 0.29) is 5.91 Å². The van der Waals surface area contributed by atoms with E-state index in [2.05, 4.69) is 21.9 Å². The lowest BCUT2D eigenvalue weighted by molar-refractivity contribution is 0.0761. The fourth-order valence-electron chi connectivity index (χ4n) is 2.15. The SMILES string of the molecule is C=CCNc1ncc(C(=O)N2CCCCCC2)cn1. The number of aromatic nitrogens is 2. The van der Waals surface area contributed by atoms with E-state index < -0.39 is 0 Å². The second kappa shape index (κ2) is 6.87. The molecule has 5 heteroatoms. The molecular formula is C14H20N4O. The van der Waals surface area contributed by atoms with Gasteiger partial charge in [0.2, 0.25) is 5.95 Å². The van der Waals surface area contributed by atoms with Crippen LogP contribution in [0.15, 0.2) is 25.0 Å². The van der Waals surface area contributed by atoms with Gasteiger partial charge in [-0.25, -0.2) is 9.97 Å². The molecule has 0 aromatic carbocycles. The highest BCUT2D eigenvalue weighted by atomic mass is 16.2. The van der Waals surface area contributed by atoms with Gasteiger partial charge >= 0.3 is 0 Å². The van der Waals surface area contributed by atoms with Gasteiger partial charge in [0.25, 0.3) is 5.91 Å². The molecule has 102 valence electrons. The summed E-state index contributed by atoms with van der Waals surface area (Å²) in [7, 11) is 0. The van der Waals surface area contributed by atoms with Crippen molar-refractivity contribution in [1.82, 2.24) is 14.9 Å². The van der Waals surface area contributed by atoms with E-state index >= 15 is 0 Å². The Morgan fingerprint density at radius 1 is 1.26 bits per heavy atom. The maximum absolute atomic E-state index is 12.3. The zero-order chi connectivity index (χ0) is 13.5. The summed E-state index contributed by atoms with van der Waals surface area (Å²) in [6.45, 7) is 5.91. The average molecular weight is 260 g/mol. The Balaban J connectivity index is 1.99. The molecule has 19 heavy (non-hydrogen) atoms. The molecule has 1 N–H and O–H groups in total. The molecule has 1 aromatic heterocycles. The van der Waals surface area contributed by atoms with Crippen LogP contribution >= 0.6 is 0 Å². The predicted molar refractivity (Wildman–Crippen MR) is 75.1 cm³/mol. The van der Waals surface area contributed by atoms with Crippen LogP contribution in [-0.2, 0) is 0 Å². The van der Waals surface area contributed by atoms with Crippen molar-refractivity contribution in [2.45, 2.75) is 25.7 Å². The maximum Gasteiger partial charge on any atom is 0.256 e. The Morgan fingerprint density at radius 3 is 2.47 bits per heavy atom. The highest BCUT2D eigenvalue weighted by Gasteiger charge is 2.17. The molecule has 2 rings (SSSR count). The number of nitrogens with one attached hydrogen (secondary N) is 1. The standard InChI is InChI=1S/C14H20N4O/c1-2-7-15-14-16-10-12(11-17-14)13(19)18-8-5-3-4-6-9-18/h2,10-11H,1,3-9H2,(H,15,16,17). The van der Waals surface area contributed by atoms with Crippen molar-refractivity contribution in [2.24, 2.45) is 0 Å². The van der Waals surface area contributed by atoms with Gasteiger partial charge in [-0.05, 0) is 12.8 Å². The first-order valence-corrected chi connectivity index (χ1v) is 6.77. The summed E-state index contributed by atoms with van der Waals surface area (Å²) in [6, 6.07) is 0. The van der Waals surface area contributed by atoms with Gasteiger partial charge < -0.3 is 10.2 Å².